The fraction of sp³-hybridized carbons (Fsp3) is 0.417. The molecule has 0 aromatic heterocycles. The molecule has 1 N–H and O–H groups in total. The predicted molar refractivity (Wildman–Crippen MR) is 67.5 cm³/mol. The molecule has 0 bridgehead atoms. The summed E-state index contributed by atoms with van der Waals surface area (Å²) >= 11 is 3.04. The fourth-order valence-corrected chi connectivity index (χ4v) is 1.53. The van der Waals surface area contributed by atoms with Crippen molar-refractivity contribution in [1.29, 1.82) is 0 Å². The molecule has 17 heavy (non-hydrogen) atoms. The first-order valence-electron chi connectivity index (χ1n) is 5.38. The number of hydrogen-bond acceptors (Lipinski definition) is 2. The molecular formula is C12H15BrFNO2. The highest BCUT2D eigenvalue weighted by Gasteiger charge is 2.11. The number of nitrogens with one attached hydrogen (secondary N) is 1. The summed E-state index contributed by atoms with van der Waals surface area (Å²) in [6.45, 7) is 4.77. The third-order valence-electron chi connectivity index (χ3n) is 2.13. The van der Waals surface area contributed by atoms with Gasteiger partial charge in [0.05, 0.1) is 11.1 Å². The standard InChI is InChI=1S/C12H15BrFNO2/c1-3-17-7-8(2)15-12(16)9-4-5-10(13)11(14)6-9/h4-6,8H,3,7H2,1-2H3,(H,15,16). The van der Waals surface area contributed by atoms with Gasteiger partial charge in [-0.05, 0) is 48.0 Å². The van der Waals surface area contributed by atoms with E-state index in [-0.39, 0.29) is 11.9 Å². The minimum absolute atomic E-state index is 0.103. The number of hydrogen-bond donors (Lipinski definition) is 1. The number of halogens is 2. The molecule has 1 aromatic carbocycles. The molecule has 0 heterocycles. The Morgan fingerprint density at radius 1 is 1.59 bits per heavy atom. The summed E-state index contributed by atoms with van der Waals surface area (Å²) in [6, 6.07) is 4.18. The first-order chi connectivity index (χ1) is 8.04. The second-order valence-corrected chi connectivity index (χ2v) is 4.52. The van der Waals surface area contributed by atoms with E-state index in [0.29, 0.717) is 23.2 Å². The molecule has 1 atom stereocenters. The molecule has 1 rings (SSSR count). The first-order valence-corrected chi connectivity index (χ1v) is 6.17. The summed E-state index contributed by atoms with van der Waals surface area (Å²) < 4.78 is 18.8. The maximum atomic E-state index is 13.2. The summed E-state index contributed by atoms with van der Waals surface area (Å²) in [5.74, 6) is -0.751. The summed E-state index contributed by atoms with van der Waals surface area (Å²) in [5.41, 5.74) is 0.300. The van der Waals surface area contributed by atoms with Gasteiger partial charge in [-0.25, -0.2) is 4.39 Å². The van der Waals surface area contributed by atoms with Gasteiger partial charge in [-0.1, -0.05) is 0 Å². The van der Waals surface area contributed by atoms with E-state index in [1.54, 1.807) is 6.07 Å². The van der Waals surface area contributed by atoms with E-state index in [9.17, 15) is 9.18 Å². The van der Waals surface area contributed by atoms with E-state index < -0.39 is 5.82 Å². The quantitative estimate of drug-likeness (QED) is 0.908. The van der Waals surface area contributed by atoms with E-state index in [2.05, 4.69) is 21.2 Å². The van der Waals surface area contributed by atoms with Gasteiger partial charge in [0.15, 0.2) is 0 Å². The minimum atomic E-state index is -0.449. The molecule has 0 fully saturated rings. The maximum absolute atomic E-state index is 13.2. The SMILES string of the molecule is CCOCC(C)NC(=O)c1ccc(Br)c(F)c1. The van der Waals surface area contributed by atoms with Crippen LogP contribution in [0.25, 0.3) is 0 Å². The van der Waals surface area contributed by atoms with Crippen LogP contribution in [-0.4, -0.2) is 25.2 Å². The molecule has 1 unspecified atom stereocenters. The van der Waals surface area contributed by atoms with Crippen LogP contribution >= 0.6 is 15.9 Å². The smallest absolute Gasteiger partial charge is 0.251 e. The molecule has 3 nitrogen and oxygen atoms in total. The zero-order valence-corrected chi connectivity index (χ0v) is 11.4. The van der Waals surface area contributed by atoms with Crippen LogP contribution in [0.1, 0.15) is 24.2 Å². The Morgan fingerprint density at radius 2 is 2.29 bits per heavy atom. The van der Waals surface area contributed by atoms with Crippen LogP contribution in [0.5, 0.6) is 0 Å². The highest BCUT2D eigenvalue weighted by Crippen LogP contribution is 2.16. The summed E-state index contributed by atoms with van der Waals surface area (Å²) in [6.07, 6.45) is 0. The van der Waals surface area contributed by atoms with Crippen LogP contribution in [0.4, 0.5) is 4.39 Å². The number of carbonyl (C=O) groups excluding carboxylic acids is 1. The van der Waals surface area contributed by atoms with Crippen molar-refractivity contribution in [1.82, 2.24) is 5.32 Å². The topological polar surface area (TPSA) is 38.3 Å². The Balaban J connectivity index is 2.60. The van der Waals surface area contributed by atoms with Crippen LogP contribution in [0, 0.1) is 5.82 Å². The zero-order valence-electron chi connectivity index (χ0n) is 9.80. The monoisotopic (exact) mass is 303 g/mol. The molecule has 94 valence electrons. The molecule has 0 saturated heterocycles. The number of rotatable bonds is 5. The van der Waals surface area contributed by atoms with Crippen LogP contribution in [0.2, 0.25) is 0 Å². The summed E-state index contributed by atoms with van der Waals surface area (Å²) in [5, 5.41) is 2.73. The largest absolute Gasteiger partial charge is 0.380 e. The first kappa shape index (κ1) is 14.1. The second-order valence-electron chi connectivity index (χ2n) is 3.66. The lowest BCUT2D eigenvalue weighted by Gasteiger charge is -2.13. The van der Waals surface area contributed by atoms with Crippen molar-refractivity contribution >= 4 is 21.8 Å². The molecule has 5 heteroatoms. The van der Waals surface area contributed by atoms with Crippen molar-refractivity contribution in [3.05, 3.63) is 34.1 Å². The lowest BCUT2D eigenvalue weighted by atomic mass is 10.2. The van der Waals surface area contributed by atoms with Gasteiger partial charge >= 0.3 is 0 Å². The summed E-state index contributed by atoms with van der Waals surface area (Å²) in [7, 11) is 0. The maximum Gasteiger partial charge on any atom is 0.251 e. The van der Waals surface area contributed by atoms with E-state index in [4.69, 9.17) is 4.74 Å². The van der Waals surface area contributed by atoms with Gasteiger partial charge in [0.1, 0.15) is 5.82 Å². The van der Waals surface area contributed by atoms with E-state index in [0.717, 1.165) is 0 Å². The van der Waals surface area contributed by atoms with Crippen molar-refractivity contribution < 1.29 is 13.9 Å². The Hall–Kier alpha value is -0.940. The van der Waals surface area contributed by atoms with Crippen molar-refractivity contribution in [2.24, 2.45) is 0 Å². The molecule has 0 aliphatic rings. The predicted octanol–water partition coefficient (Wildman–Crippen LogP) is 2.74. The molecule has 0 aliphatic heterocycles. The van der Waals surface area contributed by atoms with Gasteiger partial charge < -0.3 is 10.1 Å². The van der Waals surface area contributed by atoms with Gasteiger partial charge in [0, 0.05) is 18.2 Å². The van der Waals surface area contributed by atoms with E-state index in [1.807, 2.05) is 13.8 Å². The fourth-order valence-electron chi connectivity index (χ4n) is 1.28. The highest BCUT2D eigenvalue weighted by atomic mass is 79.9. The second kappa shape index (κ2) is 6.71. The van der Waals surface area contributed by atoms with Crippen LogP contribution in [0.15, 0.2) is 22.7 Å². The Labute approximate surface area is 108 Å². The Kier molecular flexibility index (Phi) is 5.58. The van der Waals surface area contributed by atoms with Gasteiger partial charge in [0.2, 0.25) is 0 Å². The lowest BCUT2D eigenvalue weighted by molar-refractivity contribution is 0.0871. The molecule has 1 aromatic rings. The Bertz CT molecular complexity index is 398. The zero-order chi connectivity index (χ0) is 12.8. The minimum Gasteiger partial charge on any atom is -0.380 e. The van der Waals surface area contributed by atoms with Gasteiger partial charge in [-0.15, -0.1) is 0 Å². The van der Waals surface area contributed by atoms with Gasteiger partial charge in [-0.3, -0.25) is 4.79 Å². The average Bonchev–Trinajstić information content (AvgIpc) is 2.30. The van der Waals surface area contributed by atoms with Crippen molar-refractivity contribution in [2.45, 2.75) is 19.9 Å². The molecule has 0 spiro atoms. The van der Waals surface area contributed by atoms with Gasteiger partial charge in [0.25, 0.3) is 5.91 Å². The van der Waals surface area contributed by atoms with Crippen LogP contribution in [0.3, 0.4) is 0 Å². The Morgan fingerprint density at radius 3 is 2.88 bits per heavy atom. The third-order valence-corrected chi connectivity index (χ3v) is 2.77. The van der Waals surface area contributed by atoms with Crippen molar-refractivity contribution in [2.75, 3.05) is 13.2 Å². The highest BCUT2D eigenvalue weighted by molar-refractivity contribution is 9.10. The van der Waals surface area contributed by atoms with Crippen LogP contribution in [-0.2, 0) is 4.74 Å². The normalized spacial score (nSPS) is 12.2. The number of carbonyl (C=O) groups is 1. The molecule has 0 radical (unpaired) electrons. The van der Waals surface area contributed by atoms with E-state index in [1.165, 1.54) is 12.1 Å². The van der Waals surface area contributed by atoms with Gasteiger partial charge in [-0.2, -0.15) is 0 Å². The third kappa shape index (κ3) is 4.44. The molecule has 1 amide bonds. The molecular weight excluding hydrogens is 289 g/mol. The van der Waals surface area contributed by atoms with Crippen LogP contribution < -0.4 is 5.32 Å². The van der Waals surface area contributed by atoms with E-state index >= 15 is 0 Å². The van der Waals surface area contributed by atoms with Crippen molar-refractivity contribution in [3.63, 3.8) is 0 Å². The molecule has 0 aliphatic carbocycles. The lowest BCUT2D eigenvalue weighted by Crippen LogP contribution is -2.35. The van der Waals surface area contributed by atoms with Crippen molar-refractivity contribution in [3.8, 4) is 0 Å². The average molecular weight is 304 g/mol. The number of amides is 1. The molecule has 0 saturated carbocycles. The number of benzene rings is 1. The number of ether oxygens (including phenoxy) is 1. The summed E-state index contributed by atoms with van der Waals surface area (Å²) in [4.78, 5) is 11.7.